The van der Waals surface area contributed by atoms with Gasteiger partial charge in [-0.15, -0.1) is 0 Å². The molecule has 6 heteroatoms. The summed E-state index contributed by atoms with van der Waals surface area (Å²) in [6.07, 6.45) is 4.58. The van der Waals surface area contributed by atoms with Crippen molar-refractivity contribution >= 4 is 27.5 Å². The largest absolute Gasteiger partial charge is 0.276 e. The van der Waals surface area contributed by atoms with E-state index in [-0.39, 0.29) is 6.04 Å². The molecular weight excluding hydrogens is 316 g/mol. The van der Waals surface area contributed by atoms with E-state index in [4.69, 9.17) is 17.4 Å². The average molecular weight is 330 g/mol. The molecule has 1 atom stereocenters. The van der Waals surface area contributed by atoms with Crippen LogP contribution in [0.3, 0.4) is 0 Å². The Balaban J connectivity index is 2.19. The molecule has 0 bridgehead atoms. The van der Waals surface area contributed by atoms with Crippen molar-refractivity contribution < 1.29 is 0 Å². The molecule has 4 nitrogen and oxygen atoms in total. The molecule has 0 spiro atoms. The van der Waals surface area contributed by atoms with Crippen LogP contribution in [0.1, 0.15) is 17.2 Å². The molecule has 0 aliphatic rings. The van der Waals surface area contributed by atoms with Gasteiger partial charge in [0.15, 0.2) is 0 Å². The van der Waals surface area contributed by atoms with E-state index in [1.165, 1.54) is 0 Å². The normalized spacial score (nSPS) is 12.7. The number of hydrogen-bond acceptors (Lipinski definition) is 3. The van der Waals surface area contributed by atoms with Gasteiger partial charge in [0.25, 0.3) is 0 Å². The molecule has 2 rings (SSSR count). The van der Waals surface area contributed by atoms with Crippen molar-refractivity contribution in [2.45, 2.75) is 12.5 Å². The van der Waals surface area contributed by atoms with Crippen LogP contribution in [0.15, 0.2) is 35.1 Å². The van der Waals surface area contributed by atoms with E-state index in [1.807, 2.05) is 37.6 Å². The van der Waals surface area contributed by atoms with E-state index in [0.29, 0.717) is 5.02 Å². The third kappa shape index (κ3) is 3.11. The Morgan fingerprint density at radius 3 is 2.89 bits per heavy atom. The lowest BCUT2D eigenvalue weighted by Gasteiger charge is -2.16. The maximum atomic E-state index is 6.09. The van der Waals surface area contributed by atoms with Crippen LogP contribution in [0, 0.1) is 0 Å². The zero-order valence-electron chi connectivity index (χ0n) is 9.90. The van der Waals surface area contributed by atoms with Crippen LogP contribution in [0.5, 0.6) is 0 Å². The van der Waals surface area contributed by atoms with Crippen molar-refractivity contribution in [3.8, 4) is 0 Å². The van der Waals surface area contributed by atoms with Crippen LogP contribution in [-0.4, -0.2) is 9.78 Å². The minimum absolute atomic E-state index is 0.0137. The Bertz CT molecular complexity index is 541. The second kappa shape index (κ2) is 5.84. The highest BCUT2D eigenvalue weighted by atomic mass is 79.9. The van der Waals surface area contributed by atoms with Crippen molar-refractivity contribution in [1.29, 1.82) is 0 Å². The van der Waals surface area contributed by atoms with Crippen LogP contribution in [0.25, 0.3) is 0 Å². The molecular formula is C12H14BrClN4. The third-order valence-electron chi connectivity index (χ3n) is 2.75. The van der Waals surface area contributed by atoms with E-state index in [9.17, 15) is 0 Å². The SMILES string of the molecule is Cn1cc(CC(NN)c2ccc(Br)c(Cl)c2)cn1. The van der Waals surface area contributed by atoms with Crippen molar-refractivity contribution in [2.24, 2.45) is 12.9 Å². The Hall–Kier alpha value is -0.880. The smallest absolute Gasteiger partial charge is 0.0551 e. The van der Waals surface area contributed by atoms with E-state index >= 15 is 0 Å². The first-order valence-electron chi connectivity index (χ1n) is 5.48. The summed E-state index contributed by atoms with van der Waals surface area (Å²) in [5.41, 5.74) is 4.99. The summed E-state index contributed by atoms with van der Waals surface area (Å²) in [5.74, 6) is 5.62. The number of nitrogens with zero attached hydrogens (tertiary/aromatic N) is 2. The molecule has 1 aromatic carbocycles. The van der Waals surface area contributed by atoms with Crippen LogP contribution in [0.2, 0.25) is 5.02 Å². The summed E-state index contributed by atoms with van der Waals surface area (Å²) in [6, 6.07) is 5.84. The van der Waals surface area contributed by atoms with Gasteiger partial charge >= 0.3 is 0 Å². The lowest BCUT2D eigenvalue weighted by atomic mass is 10.0. The summed E-state index contributed by atoms with van der Waals surface area (Å²) in [4.78, 5) is 0. The minimum atomic E-state index is 0.0137. The maximum absolute atomic E-state index is 6.09. The number of hydrazine groups is 1. The van der Waals surface area contributed by atoms with Crippen LogP contribution in [0.4, 0.5) is 0 Å². The molecule has 1 unspecified atom stereocenters. The number of halogens is 2. The van der Waals surface area contributed by atoms with Gasteiger partial charge in [0.1, 0.15) is 0 Å². The summed E-state index contributed by atoms with van der Waals surface area (Å²) in [6.45, 7) is 0. The lowest BCUT2D eigenvalue weighted by Crippen LogP contribution is -2.29. The molecule has 96 valence electrons. The fraction of sp³-hybridized carbons (Fsp3) is 0.250. The first kappa shape index (κ1) is 13.5. The van der Waals surface area contributed by atoms with Crippen molar-refractivity contribution in [3.63, 3.8) is 0 Å². The summed E-state index contributed by atoms with van der Waals surface area (Å²) in [5, 5.41) is 4.82. The zero-order chi connectivity index (χ0) is 13.1. The second-order valence-corrected chi connectivity index (χ2v) is 5.38. The second-order valence-electron chi connectivity index (χ2n) is 4.12. The van der Waals surface area contributed by atoms with Gasteiger partial charge in [-0.05, 0) is 45.6 Å². The summed E-state index contributed by atoms with van der Waals surface area (Å²) < 4.78 is 2.65. The number of nitrogens with two attached hydrogens (primary N) is 1. The van der Waals surface area contributed by atoms with Crippen LogP contribution < -0.4 is 11.3 Å². The predicted molar refractivity (Wildman–Crippen MR) is 76.1 cm³/mol. The number of aryl methyl sites for hydroxylation is 1. The van der Waals surface area contributed by atoms with Gasteiger partial charge < -0.3 is 0 Å². The molecule has 0 amide bonds. The fourth-order valence-electron chi connectivity index (χ4n) is 1.82. The van der Waals surface area contributed by atoms with Gasteiger partial charge in [-0.3, -0.25) is 16.0 Å². The van der Waals surface area contributed by atoms with Crippen molar-refractivity contribution in [1.82, 2.24) is 15.2 Å². The average Bonchev–Trinajstić information content (AvgIpc) is 2.75. The van der Waals surface area contributed by atoms with E-state index in [0.717, 1.165) is 22.0 Å². The maximum Gasteiger partial charge on any atom is 0.0551 e. The van der Waals surface area contributed by atoms with E-state index in [1.54, 1.807) is 4.68 Å². The quantitative estimate of drug-likeness (QED) is 0.669. The molecule has 2 aromatic rings. The lowest BCUT2D eigenvalue weighted by molar-refractivity contribution is 0.551. The first-order chi connectivity index (χ1) is 8.60. The van der Waals surface area contributed by atoms with Crippen LogP contribution in [-0.2, 0) is 13.5 Å². The zero-order valence-corrected chi connectivity index (χ0v) is 12.2. The number of rotatable bonds is 4. The molecule has 18 heavy (non-hydrogen) atoms. The van der Waals surface area contributed by atoms with Gasteiger partial charge in [0.05, 0.1) is 17.3 Å². The molecule has 0 aliphatic heterocycles. The van der Waals surface area contributed by atoms with Crippen molar-refractivity contribution in [3.05, 3.63) is 51.2 Å². The predicted octanol–water partition coefficient (Wildman–Crippen LogP) is 2.58. The highest BCUT2D eigenvalue weighted by molar-refractivity contribution is 9.10. The van der Waals surface area contributed by atoms with Crippen LogP contribution >= 0.6 is 27.5 Å². The number of nitrogens with one attached hydrogen (secondary N) is 1. The highest BCUT2D eigenvalue weighted by Gasteiger charge is 2.12. The number of hydrogen-bond donors (Lipinski definition) is 2. The monoisotopic (exact) mass is 328 g/mol. The van der Waals surface area contributed by atoms with Gasteiger partial charge in [0.2, 0.25) is 0 Å². The van der Waals surface area contributed by atoms with Crippen molar-refractivity contribution in [2.75, 3.05) is 0 Å². The third-order valence-corrected chi connectivity index (χ3v) is 3.98. The molecule has 0 saturated heterocycles. The molecule has 0 radical (unpaired) electrons. The van der Waals surface area contributed by atoms with E-state index in [2.05, 4.69) is 26.5 Å². The molecule has 0 saturated carbocycles. The molecule has 1 heterocycles. The highest BCUT2D eigenvalue weighted by Crippen LogP contribution is 2.27. The van der Waals surface area contributed by atoms with Gasteiger partial charge in [-0.1, -0.05) is 17.7 Å². The Kier molecular flexibility index (Phi) is 4.40. The number of aromatic nitrogens is 2. The Labute approximate surface area is 119 Å². The Morgan fingerprint density at radius 1 is 1.56 bits per heavy atom. The molecule has 3 N–H and O–H groups in total. The summed E-state index contributed by atoms with van der Waals surface area (Å²) >= 11 is 9.46. The molecule has 1 aromatic heterocycles. The topological polar surface area (TPSA) is 55.9 Å². The van der Waals surface area contributed by atoms with Gasteiger partial charge in [0, 0.05) is 17.7 Å². The van der Waals surface area contributed by atoms with E-state index < -0.39 is 0 Å². The standard InChI is InChI=1S/C12H14BrClN4/c1-18-7-8(6-16-18)4-12(17-15)9-2-3-10(13)11(14)5-9/h2-3,5-7,12,17H,4,15H2,1H3. The van der Waals surface area contributed by atoms with Gasteiger partial charge in [-0.25, -0.2) is 0 Å². The number of benzene rings is 1. The minimum Gasteiger partial charge on any atom is -0.276 e. The summed E-state index contributed by atoms with van der Waals surface area (Å²) in [7, 11) is 1.89. The molecule has 0 fully saturated rings. The fourth-order valence-corrected chi connectivity index (χ4v) is 2.25. The molecule has 0 aliphatic carbocycles. The first-order valence-corrected chi connectivity index (χ1v) is 6.66. The Morgan fingerprint density at radius 2 is 2.33 bits per heavy atom. The van der Waals surface area contributed by atoms with Gasteiger partial charge in [-0.2, -0.15) is 5.10 Å².